The SMILES string of the molecule is COC(=O)c1cc2c(s1)C(=O)C(Cl)=C([n+]1ccc(OC)cc1)C2=O.[Cl-]. The van der Waals surface area contributed by atoms with Crippen LogP contribution in [0.2, 0.25) is 0 Å². The number of fused-ring (bicyclic) bond motifs is 1. The smallest absolute Gasteiger partial charge is 0.348 e. The molecule has 0 radical (unpaired) electrons. The summed E-state index contributed by atoms with van der Waals surface area (Å²) >= 11 is 7.03. The molecule has 0 N–H and O–H groups in total. The molecule has 2 heterocycles. The third-order valence-electron chi connectivity index (χ3n) is 3.48. The number of ether oxygens (including phenoxy) is 2. The van der Waals surface area contributed by atoms with Crippen molar-refractivity contribution in [3.05, 3.63) is 50.9 Å². The molecular formula is C16H11Cl2NO5S. The van der Waals surface area contributed by atoms with Gasteiger partial charge in [-0.2, -0.15) is 4.57 Å². The molecule has 3 rings (SSSR count). The summed E-state index contributed by atoms with van der Waals surface area (Å²) in [5, 5.41) is -0.194. The van der Waals surface area contributed by atoms with E-state index in [1.165, 1.54) is 24.9 Å². The van der Waals surface area contributed by atoms with Crippen LogP contribution in [-0.4, -0.2) is 31.8 Å². The molecule has 0 aromatic carbocycles. The Labute approximate surface area is 158 Å². The number of esters is 1. The molecule has 0 atom stereocenters. The predicted octanol–water partition coefficient (Wildman–Crippen LogP) is -0.679. The number of thiophene rings is 1. The lowest BCUT2D eigenvalue weighted by molar-refractivity contribution is -0.577. The van der Waals surface area contributed by atoms with E-state index in [4.69, 9.17) is 16.3 Å². The number of aromatic nitrogens is 1. The maximum absolute atomic E-state index is 12.8. The average Bonchev–Trinajstić information content (AvgIpc) is 3.06. The molecule has 130 valence electrons. The Balaban J connectivity index is 0.00000225. The molecule has 2 aromatic rings. The van der Waals surface area contributed by atoms with Crippen molar-refractivity contribution in [3.8, 4) is 5.75 Å². The van der Waals surface area contributed by atoms with Crippen molar-refractivity contribution >= 4 is 46.2 Å². The zero-order valence-electron chi connectivity index (χ0n) is 13.0. The highest BCUT2D eigenvalue weighted by molar-refractivity contribution is 7.16. The van der Waals surface area contributed by atoms with Gasteiger partial charge in [0.1, 0.15) is 10.6 Å². The molecule has 0 spiro atoms. The highest BCUT2D eigenvalue weighted by Gasteiger charge is 2.40. The molecule has 0 amide bonds. The number of rotatable bonds is 3. The van der Waals surface area contributed by atoms with Crippen LogP contribution in [0.4, 0.5) is 0 Å². The lowest BCUT2D eigenvalue weighted by Gasteiger charge is -2.10. The van der Waals surface area contributed by atoms with Gasteiger partial charge in [-0.25, -0.2) is 4.79 Å². The predicted molar refractivity (Wildman–Crippen MR) is 86.6 cm³/mol. The van der Waals surface area contributed by atoms with Crippen molar-refractivity contribution < 1.29 is 40.8 Å². The van der Waals surface area contributed by atoms with Gasteiger partial charge in [0.25, 0.3) is 11.5 Å². The summed E-state index contributed by atoms with van der Waals surface area (Å²) in [6.07, 6.45) is 3.14. The van der Waals surface area contributed by atoms with Gasteiger partial charge in [-0.15, -0.1) is 11.3 Å². The van der Waals surface area contributed by atoms with E-state index < -0.39 is 17.5 Å². The van der Waals surface area contributed by atoms with Gasteiger partial charge in [-0.3, -0.25) is 9.59 Å². The molecule has 0 saturated heterocycles. The van der Waals surface area contributed by atoms with E-state index in [9.17, 15) is 14.4 Å². The van der Waals surface area contributed by atoms with Crippen molar-refractivity contribution in [2.45, 2.75) is 0 Å². The number of methoxy groups -OCH3 is 2. The highest BCUT2D eigenvalue weighted by Crippen LogP contribution is 2.34. The van der Waals surface area contributed by atoms with Crippen LogP contribution in [0.5, 0.6) is 5.75 Å². The first-order chi connectivity index (χ1) is 11.5. The molecule has 0 saturated carbocycles. The molecule has 0 unspecified atom stereocenters. The van der Waals surface area contributed by atoms with Gasteiger partial charge in [0, 0.05) is 12.1 Å². The number of pyridine rings is 1. The number of allylic oxidation sites excluding steroid dienone is 2. The Hall–Kier alpha value is -2.22. The summed E-state index contributed by atoms with van der Waals surface area (Å²) < 4.78 is 11.1. The third-order valence-corrected chi connectivity index (χ3v) is 4.95. The van der Waals surface area contributed by atoms with Crippen LogP contribution in [-0.2, 0) is 4.74 Å². The largest absolute Gasteiger partial charge is 1.00 e. The maximum Gasteiger partial charge on any atom is 0.348 e. The number of ketones is 2. The van der Waals surface area contributed by atoms with Crippen LogP contribution in [0.15, 0.2) is 35.6 Å². The second kappa shape index (κ2) is 7.35. The number of nitrogens with zero attached hydrogens (tertiary/aromatic N) is 1. The van der Waals surface area contributed by atoms with Crippen LogP contribution < -0.4 is 21.7 Å². The molecule has 9 heteroatoms. The normalized spacial score (nSPS) is 13.2. The van der Waals surface area contributed by atoms with E-state index in [0.717, 1.165) is 11.3 Å². The summed E-state index contributed by atoms with van der Waals surface area (Å²) in [6, 6.07) is 4.63. The molecule has 0 bridgehead atoms. The third kappa shape index (κ3) is 3.18. The monoisotopic (exact) mass is 399 g/mol. The number of Topliss-reactive ketones (excluding diaryl/α,β-unsaturated/α-hetero) is 2. The molecule has 0 fully saturated rings. The van der Waals surface area contributed by atoms with Gasteiger partial charge in [-0.05, 0) is 6.07 Å². The summed E-state index contributed by atoms with van der Waals surface area (Å²) in [7, 11) is 2.75. The molecule has 6 nitrogen and oxygen atoms in total. The molecule has 25 heavy (non-hydrogen) atoms. The Morgan fingerprint density at radius 2 is 1.80 bits per heavy atom. The van der Waals surface area contributed by atoms with Crippen LogP contribution in [0.3, 0.4) is 0 Å². The quantitative estimate of drug-likeness (QED) is 0.505. The van der Waals surface area contributed by atoms with Crippen LogP contribution >= 0.6 is 22.9 Å². The molecular weight excluding hydrogens is 389 g/mol. The Kier molecular flexibility index (Phi) is 5.62. The minimum Gasteiger partial charge on any atom is -1.00 e. The van der Waals surface area contributed by atoms with Gasteiger partial charge in [0.2, 0.25) is 5.78 Å². The minimum atomic E-state index is -0.607. The van der Waals surface area contributed by atoms with Crippen LogP contribution in [0.1, 0.15) is 29.7 Å². The number of carbonyl (C=O) groups excluding carboxylic acids is 3. The van der Waals surface area contributed by atoms with E-state index in [0.29, 0.717) is 5.75 Å². The van der Waals surface area contributed by atoms with Crippen molar-refractivity contribution in [3.63, 3.8) is 0 Å². The van der Waals surface area contributed by atoms with Crippen molar-refractivity contribution in [1.29, 1.82) is 0 Å². The summed E-state index contributed by atoms with van der Waals surface area (Å²) in [6.45, 7) is 0. The molecule has 2 aromatic heterocycles. The number of hydrogen-bond donors (Lipinski definition) is 0. The van der Waals surface area contributed by atoms with Gasteiger partial charge < -0.3 is 21.9 Å². The van der Waals surface area contributed by atoms with Gasteiger partial charge in [-0.1, -0.05) is 11.6 Å². The van der Waals surface area contributed by atoms with Crippen LogP contribution in [0, 0.1) is 0 Å². The van der Waals surface area contributed by atoms with Crippen molar-refractivity contribution in [1.82, 2.24) is 0 Å². The summed E-state index contributed by atoms with van der Waals surface area (Å²) in [5.41, 5.74) is 0.180. The van der Waals surface area contributed by atoms with E-state index >= 15 is 0 Å². The van der Waals surface area contributed by atoms with E-state index in [1.54, 1.807) is 24.5 Å². The first kappa shape index (κ1) is 19.1. The Morgan fingerprint density at radius 3 is 2.36 bits per heavy atom. The van der Waals surface area contributed by atoms with Gasteiger partial charge in [0.05, 0.1) is 24.7 Å². The zero-order chi connectivity index (χ0) is 17.4. The number of carbonyl (C=O) groups is 3. The van der Waals surface area contributed by atoms with Crippen molar-refractivity contribution in [2.24, 2.45) is 0 Å². The van der Waals surface area contributed by atoms with Gasteiger partial charge in [0.15, 0.2) is 17.4 Å². The molecule has 1 aliphatic carbocycles. The van der Waals surface area contributed by atoms with E-state index in [-0.39, 0.29) is 38.5 Å². The fourth-order valence-electron chi connectivity index (χ4n) is 2.29. The number of halogens is 2. The minimum absolute atomic E-state index is 0. The van der Waals surface area contributed by atoms with E-state index in [1.807, 2.05) is 0 Å². The first-order valence-corrected chi connectivity index (χ1v) is 7.94. The topological polar surface area (TPSA) is 73.6 Å². The fourth-order valence-corrected chi connectivity index (χ4v) is 3.65. The fraction of sp³-hybridized carbons (Fsp3) is 0.125. The average molecular weight is 400 g/mol. The zero-order valence-corrected chi connectivity index (χ0v) is 15.4. The van der Waals surface area contributed by atoms with Gasteiger partial charge >= 0.3 is 5.97 Å². The summed E-state index contributed by atoms with van der Waals surface area (Å²) in [4.78, 5) is 37.2. The van der Waals surface area contributed by atoms with Crippen molar-refractivity contribution in [2.75, 3.05) is 14.2 Å². The Morgan fingerprint density at radius 1 is 1.16 bits per heavy atom. The lowest BCUT2D eigenvalue weighted by Crippen LogP contribution is -3.00. The summed E-state index contributed by atoms with van der Waals surface area (Å²) in [5.74, 6) is -0.938. The maximum atomic E-state index is 12.8. The molecule has 0 aliphatic heterocycles. The number of hydrogen-bond acceptors (Lipinski definition) is 6. The Bertz CT molecular complexity index is 902. The second-order valence-electron chi connectivity index (χ2n) is 4.81. The van der Waals surface area contributed by atoms with E-state index in [2.05, 4.69) is 4.74 Å². The molecule has 1 aliphatic rings. The second-order valence-corrected chi connectivity index (χ2v) is 6.24. The highest BCUT2D eigenvalue weighted by atomic mass is 35.5. The standard InChI is InChI=1S/C16H11ClNO5S.ClH/c1-22-8-3-5-18(6-4-8)12-11(17)14(20)15-9(13(12)19)7-10(24-15)16(21)23-2;/h3-7H,1-2H3;1H/q+1;/p-1. The van der Waals surface area contributed by atoms with Crippen LogP contribution in [0.25, 0.3) is 5.70 Å². The first-order valence-electron chi connectivity index (χ1n) is 6.75. The lowest BCUT2D eigenvalue weighted by atomic mass is 9.99.